The molecule has 2 aromatic carbocycles. The highest BCUT2D eigenvalue weighted by molar-refractivity contribution is 6.38. The molecule has 0 fully saturated rings. The van der Waals surface area contributed by atoms with Crippen LogP contribution in [-0.4, -0.2) is 16.0 Å². The Labute approximate surface area is 143 Å². The van der Waals surface area contributed by atoms with Crippen molar-refractivity contribution in [1.29, 1.82) is 0 Å². The van der Waals surface area contributed by atoms with E-state index >= 15 is 0 Å². The van der Waals surface area contributed by atoms with Gasteiger partial charge in [0.2, 0.25) is 0 Å². The number of H-pyrrole nitrogens is 1. The summed E-state index contributed by atoms with van der Waals surface area (Å²) in [6.07, 6.45) is 1.49. The number of hydrogen-bond acceptors (Lipinski definition) is 2. The van der Waals surface area contributed by atoms with E-state index in [1.54, 1.807) is 18.2 Å². The van der Waals surface area contributed by atoms with Gasteiger partial charge in [-0.25, -0.2) is 4.68 Å². The Kier molecular flexibility index (Phi) is 4.37. The molecule has 1 heterocycles. The number of nitrogens with zero attached hydrogens (tertiary/aromatic N) is 2. The number of rotatable bonds is 3. The highest BCUT2D eigenvalue weighted by Gasteiger charge is 2.11. The predicted octanol–water partition coefficient (Wildman–Crippen LogP) is 4.53. The number of aromatic nitrogens is 2. The lowest BCUT2D eigenvalue weighted by molar-refractivity contribution is 0.835. The smallest absolute Gasteiger partial charge is 0.280 e. The van der Waals surface area contributed by atoms with Gasteiger partial charge in [-0.15, -0.1) is 0 Å². The molecule has 0 radical (unpaired) electrons. The van der Waals surface area contributed by atoms with Crippen molar-refractivity contribution in [2.75, 3.05) is 0 Å². The van der Waals surface area contributed by atoms with Crippen LogP contribution >= 0.6 is 23.2 Å². The number of aryl methyl sites for hydroxylation is 1. The minimum atomic E-state index is -0.180. The van der Waals surface area contributed by atoms with Crippen molar-refractivity contribution >= 4 is 35.1 Å². The minimum absolute atomic E-state index is 0.180. The first-order valence-corrected chi connectivity index (χ1v) is 7.68. The Morgan fingerprint density at radius 2 is 1.70 bits per heavy atom. The Morgan fingerprint density at radius 3 is 2.35 bits per heavy atom. The molecule has 0 saturated carbocycles. The molecule has 1 aromatic heterocycles. The highest BCUT2D eigenvalue weighted by Crippen LogP contribution is 2.32. The molecule has 0 spiro atoms. The van der Waals surface area contributed by atoms with Gasteiger partial charge in [-0.3, -0.25) is 14.9 Å². The maximum Gasteiger partial charge on any atom is 0.280 e. The zero-order valence-electron chi connectivity index (χ0n) is 12.3. The van der Waals surface area contributed by atoms with E-state index < -0.39 is 0 Å². The molecule has 0 aliphatic heterocycles. The largest absolute Gasteiger partial charge is 0.295 e. The molecular weight excluding hydrogens is 333 g/mol. The molecule has 6 heteroatoms. The van der Waals surface area contributed by atoms with Crippen molar-refractivity contribution in [3.8, 4) is 5.69 Å². The van der Waals surface area contributed by atoms with Crippen molar-refractivity contribution in [2.45, 2.75) is 6.92 Å². The molecule has 0 bridgehead atoms. The Bertz CT molecular complexity index is 907. The van der Waals surface area contributed by atoms with Gasteiger partial charge in [0.1, 0.15) is 5.69 Å². The van der Waals surface area contributed by atoms with Gasteiger partial charge in [0.05, 0.1) is 21.3 Å². The van der Waals surface area contributed by atoms with Gasteiger partial charge >= 0.3 is 0 Å². The van der Waals surface area contributed by atoms with Crippen LogP contribution < -0.4 is 5.56 Å². The zero-order chi connectivity index (χ0) is 16.4. The second-order valence-electron chi connectivity index (χ2n) is 4.96. The Morgan fingerprint density at radius 1 is 1.04 bits per heavy atom. The van der Waals surface area contributed by atoms with E-state index in [0.29, 0.717) is 27.0 Å². The fourth-order valence-corrected chi connectivity index (χ4v) is 2.71. The van der Waals surface area contributed by atoms with E-state index in [1.165, 1.54) is 10.9 Å². The summed E-state index contributed by atoms with van der Waals surface area (Å²) in [6.45, 7) is 1.82. The topological polar surface area (TPSA) is 50.1 Å². The second-order valence-corrected chi connectivity index (χ2v) is 5.77. The number of halogens is 2. The maximum atomic E-state index is 12.6. The van der Waals surface area contributed by atoms with Gasteiger partial charge < -0.3 is 0 Å². The van der Waals surface area contributed by atoms with Gasteiger partial charge in [0, 0.05) is 11.9 Å². The summed E-state index contributed by atoms with van der Waals surface area (Å²) >= 11 is 12.2. The summed E-state index contributed by atoms with van der Waals surface area (Å²) in [5.74, 6) is 0. The first-order chi connectivity index (χ1) is 11.1. The third-order valence-corrected chi connectivity index (χ3v) is 4.00. The Balaban J connectivity index is 2.04. The fourth-order valence-electron chi connectivity index (χ4n) is 2.21. The van der Waals surface area contributed by atoms with Crippen LogP contribution in [-0.2, 0) is 0 Å². The minimum Gasteiger partial charge on any atom is -0.295 e. The molecule has 3 rings (SSSR count). The number of aliphatic imine (C=N–C) groups is 1. The average Bonchev–Trinajstić information content (AvgIpc) is 2.83. The Hall–Kier alpha value is -2.30. The lowest BCUT2D eigenvalue weighted by Gasteiger charge is -1.99. The molecule has 0 saturated heterocycles. The second kappa shape index (κ2) is 6.44. The van der Waals surface area contributed by atoms with Gasteiger partial charge in [0.25, 0.3) is 5.56 Å². The molecule has 0 unspecified atom stereocenters. The van der Waals surface area contributed by atoms with E-state index in [1.807, 2.05) is 37.3 Å². The summed E-state index contributed by atoms with van der Waals surface area (Å²) in [6, 6.07) is 14.5. The number of para-hydroxylation sites is 2. The predicted molar refractivity (Wildman–Crippen MR) is 94.8 cm³/mol. The summed E-state index contributed by atoms with van der Waals surface area (Å²) < 4.78 is 1.48. The van der Waals surface area contributed by atoms with Crippen LogP contribution in [0.25, 0.3) is 5.69 Å². The van der Waals surface area contributed by atoms with Crippen molar-refractivity contribution in [1.82, 2.24) is 9.78 Å². The summed E-state index contributed by atoms with van der Waals surface area (Å²) in [5.41, 5.74) is 2.20. The van der Waals surface area contributed by atoms with E-state index in [0.717, 1.165) is 5.69 Å². The van der Waals surface area contributed by atoms with E-state index in [2.05, 4.69) is 10.1 Å². The van der Waals surface area contributed by atoms with Crippen LogP contribution in [0, 0.1) is 6.92 Å². The molecule has 1 N–H and O–H groups in total. The molecule has 0 aliphatic carbocycles. The lowest BCUT2D eigenvalue weighted by Crippen LogP contribution is -2.17. The van der Waals surface area contributed by atoms with Crippen molar-refractivity contribution < 1.29 is 0 Å². The lowest BCUT2D eigenvalue weighted by atomic mass is 10.2. The molecule has 0 amide bonds. The van der Waals surface area contributed by atoms with Crippen LogP contribution in [0.5, 0.6) is 0 Å². The van der Waals surface area contributed by atoms with E-state index in [9.17, 15) is 4.79 Å². The van der Waals surface area contributed by atoms with E-state index in [4.69, 9.17) is 23.2 Å². The highest BCUT2D eigenvalue weighted by atomic mass is 35.5. The average molecular weight is 346 g/mol. The fraction of sp³-hybridized carbons (Fsp3) is 0.0588. The third kappa shape index (κ3) is 3.09. The molecule has 0 atom stereocenters. The van der Waals surface area contributed by atoms with Gasteiger partial charge in [-0.2, -0.15) is 0 Å². The standard InChI is InChI=1S/C17H13Cl2N3O/c1-11-13(10-20-16-14(18)8-5-9-15(16)19)17(23)22(21-11)12-6-3-2-4-7-12/h2-10,21H,1H3. The van der Waals surface area contributed by atoms with E-state index in [-0.39, 0.29) is 5.56 Å². The quantitative estimate of drug-likeness (QED) is 0.696. The maximum absolute atomic E-state index is 12.6. The van der Waals surface area contributed by atoms with Crippen LogP contribution in [0.1, 0.15) is 11.3 Å². The number of nitrogens with one attached hydrogen (secondary N) is 1. The summed E-state index contributed by atoms with van der Waals surface area (Å²) in [5, 5.41) is 3.91. The first kappa shape index (κ1) is 15.6. The van der Waals surface area contributed by atoms with Gasteiger partial charge in [0.15, 0.2) is 0 Å². The monoisotopic (exact) mass is 345 g/mol. The number of aromatic amines is 1. The van der Waals surface area contributed by atoms with Crippen molar-refractivity contribution in [3.05, 3.63) is 80.2 Å². The van der Waals surface area contributed by atoms with Crippen molar-refractivity contribution in [3.63, 3.8) is 0 Å². The van der Waals surface area contributed by atoms with Gasteiger partial charge in [-0.1, -0.05) is 47.5 Å². The van der Waals surface area contributed by atoms with Crippen molar-refractivity contribution in [2.24, 2.45) is 4.99 Å². The first-order valence-electron chi connectivity index (χ1n) is 6.93. The number of hydrogen-bond donors (Lipinski definition) is 1. The SMILES string of the molecule is Cc1[nH]n(-c2ccccc2)c(=O)c1C=Nc1c(Cl)cccc1Cl. The molecule has 4 nitrogen and oxygen atoms in total. The molecule has 116 valence electrons. The van der Waals surface area contributed by atoms with Crippen LogP contribution in [0.4, 0.5) is 5.69 Å². The number of benzene rings is 2. The molecule has 23 heavy (non-hydrogen) atoms. The molecular formula is C17H13Cl2N3O. The molecule has 0 aliphatic rings. The summed E-state index contributed by atoms with van der Waals surface area (Å²) in [4.78, 5) is 16.8. The van der Waals surface area contributed by atoms with Crippen LogP contribution in [0.3, 0.4) is 0 Å². The van der Waals surface area contributed by atoms with Crippen LogP contribution in [0.2, 0.25) is 10.0 Å². The van der Waals surface area contributed by atoms with Gasteiger partial charge in [-0.05, 0) is 31.2 Å². The normalized spacial score (nSPS) is 11.3. The van der Waals surface area contributed by atoms with Crippen LogP contribution in [0.15, 0.2) is 58.3 Å². The molecule has 3 aromatic rings. The zero-order valence-corrected chi connectivity index (χ0v) is 13.8. The summed E-state index contributed by atoms with van der Waals surface area (Å²) in [7, 11) is 0. The third-order valence-electron chi connectivity index (χ3n) is 3.39.